The molecule has 0 fully saturated rings. The number of carbonyl (C=O) groups is 2. The minimum Gasteiger partial charge on any atom is -0.496 e. The van der Waals surface area contributed by atoms with Gasteiger partial charge in [-0.1, -0.05) is 42.2 Å². The lowest BCUT2D eigenvalue weighted by Crippen LogP contribution is -2.48. The van der Waals surface area contributed by atoms with Gasteiger partial charge in [-0.25, -0.2) is 0 Å². The molecule has 0 aliphatic rings. The summed E-state index contributed by atoms with van der Waals surface area (Å²) < 4.78 is 5.38. The Balaban J connectivity index is 1.54. The SMILES string of the molecule is COc1ccccc1CNCc1ccc(C#Cc2ccc(C(=O)N[C@H](C(=O)CO)[C@@H](C)O)cc2)cc1. The first kappa shape index (κ1) is 26.6. The number of Topliss-reactive ketones (excluding diaryl/α,β-unsaturated/α-hetero) is 1. The normalized spacial score (nSPS) is 12.1. The number of ketones is 1. The molecule has 0 bridgehead atoms. The van der Waals surface area contributed by atoms with E-state index in [1.807, 2.05) is 48.5 Å². The highest BCUT2D eigenvalue weighted by atomic mass is 16.5. The molecule has 36 heavy (non-hydrogen) atoms. The molecule has 186 valence electrons. The van der Waals surface area contributed by atoms with Gasteiger partial charge in [-0.05, 0) is 55.0 Å². The number of amides is 1. The third-order valence-corrected chi connectivity index (χ3v) is 5.56. The topological polar surface area (TPSA) is 108 Å². The molecule has 7 heteroatoms. The van der Waals surface area contributed by atoms with Crippen LogP contribution in [-0.4, -0.2) is 47.8 Å². The summed E-state index contributed by atoms with van der Waals surface area (Å²) in [4.78, 5) is 24.1. The standard InChI is InChI=1S/C29H30N2O5/c1-20(33)28(26(34)19-32)31-29(35)24-15-13-22(14-16-24)8-7-21-9-11-23(12-10-21)17-30-18-25-5-3-4-6-27(25)36-2/h3-6,9-16,20,28,30,32-33H,17-19H2,1-2H3,(H,31,35)/t20-,28+/m1/s1. The minimum absolute atomic E-state index is 0.321. The number of hydrogen-bond donors (Lipinski definition) is 4. The van der Waals surface area contributed by atoms with Crippen molar-refractivity contribution in [2.45, 2.75) is 32.2 Å². The Kier molecular flexibility index (Phi) is 9.78. The van der Waals surface area contributed by atoms with Crippen LogP contribution in [0.3, 0.4) is 0 Å². The summed E-state index contributed by atoms with van der Waals surface area (Å²) in [6, 6.07) is 21.3. The van der Waals surface area contributed by atoms with E-state index in [0.29, 0.717) is 12.1 Å². The summed E-state index contributed by atoms with van der Waals surface area (Å²) in [5.74, 6) is 5.88. The molecule has 0 unspecified atom stereocenters. The molecule has 0 radical (unpaired) electrons. The molecule has 7 nitrogen and oxygen atoms in total. The van der Waals surface area contributed by atoms with Gasteiger partial charge in [-0.2, -0.15) is 0 Å². The Morgan fingerprint density at radius 2 is 1.53 bits per heavy atom. The van der Waals surface area contributed by atoms with Crippen LogP contribution in [0, 0.1) is 11.8 Å². The third kappa shape index (κ3) is 7.52. The second kappa shape index (κ2) is 13.2. The molecule has 0 aliphatic carbocycles. The fourth-order valence-electron chi connectivity index (χ4n) is 3.54. The number of aliphatic hydroxyl groups excluding tert-OH is 2. The van der Waals surface area contributed by atoms with E-state index in [9.17, 15) is 14.7 Å². The van der Waals surface area contributed by atoms with Gasteiger partial charge in [0, 0.05) is 35.3 Å². The first-order valence-corrected chi connectivity index (χ1v) is 11.6. The van der Waals surface area contributed by atoms with E-state index in [-0.39, 0.29) is 0 Å². The van der Waals surface area contributed by atoms with Crippen LogP contribution >= 0.6 is 0 Å². The maximum Gasteiger partial charge on any atom is 0.251 e. The highest BCUT2D eigenvalue weighted by molar-refractivity contribution is 5.98. The molecule has 0 aromatic heterocycles. The molecule has 1 amide bonds. The lowest BCUT2D eigenvalue weighted by molar-refractivity contribution is -0.125. The van der Waals surface area contributed by atoms with Gasteiger partial charge in [-0.3, -0.25) is 9.59 Å². The predicted octanol–water partition coefficient (Wildman–Crippen LogP) is 2.43. The zero-order chi connectivity index (χ0) is 25.9. The van der Waals surface area contributed by atoms with Crippen molar-refractivity contribution >= 4 is 11.7 Å². The van der Waals surface area contributed by atoms with Crippen LogP contribution in [0.2, 0.25) is 0 Å². The first-order chi connectivity index (χ1) is 17.4. The monoisotopic (exact) mass is 486 g/mol. The number of aliphatic hydroxyl groups is 2. The molecule has 3 rings (SSSR count). The average molecular weight is 487 g/mol. The van der Waals surface area contributed by atoms with E-state index in [1.54, 1.807) is 31.4 Å². The van der Waals surface area contributed by atoms with Crippen LogP contribution in [0.1, 0.15) is 39.5 Å². The van der Waals surface area contributed by atoms with E-state index in [1.165, 1.54) is 6.92 Å². The van der Waals surface area contributed by atoms with E-state index in [0.717, 1.165) is 34.5 Å². The highest BCUT2D eigenvalue weighted by Crippen LogP contribution is 2.17. The number of nitrogens with one attached hydrogen (secondary N) is 2. The predicted molar refractivity (Wildman–Crippen MR) is 137 cm³/mol. The van der Waals surface area contributed by atoms with Crippen molar-refractivity contribution in [2.24, 2.45) is 0 Å². The minimum atomic E-state index is -1.17. The molecule has 0 saturated heterocycles. The average Bonchev–Trinajstić information content (AvgIpc) is 2.91. The third-order valence-electron chi connectivity index (χ3n) is 5.56. The molecule has 3 aromatic rings. The molecule has 4 N–H and O–H groups in total. The van der Waals surface area contributed by atoms with Crippen molar-refractivity contribution in [3.63, 3.8) is 0 Å². The van der Waals surface area contributed by atoms with E-state index < -0.39 is 30.4 Å². The van der Waals surface area contributed by atoms with Gasteiger partial charge in [-0.15, -0.1) is 0 Å². The summed E-state index contributed by atoms with van der Waals surface area (Å²) in [6.45, 7) is 2.04. The van der Waals surface area contributed by atoms with Crippen LogP contribution < -0.4 is 15.4 Å². The number of benzene rings is 3. The Morgan fingerprint density at radius 3 is 2.11 bits per heavy atom. The Hall–Kier alpha value is -3.96. The number of para-hydroxylation sites is 1. The number of carbonyl (C=O) groups excluding carboxylic acids is 2. The second-order valence-electron chi connectivity index (χ2n) is 8.26. The lowest BCUT2D eigenvalue weighted by atomic mass is 10.1. The van der Waals surface area contributed by atoms with E-state index in [2.05, 4.69) is 22.5 Å². The largest absolute Gasteiger partial charge is 0.496 e. The van der Waals surface area contributed by atoms with Gasteiger partial charge in [0.05, 0.1) is 13.2 Å². The summed E-state index contributed by atoms with van der Waals surface area (Å²) in [5, 5.41) is 24.6. The van der Waals surface area contributed by atoms with Gasteiger partial charge >= 0.3 is 0 Å². The van der Waals surface area contributed by atoms with Gasteiger partial charge in [0.15, 0.2) is 5.78 Å². The molecule has 0 saturated carbocycles. The van der Waals surface area contributed by atoms with Gasteiger partial charge < -0.3 is 25.6 Å². The molecule has 0 spiro atoms. The first-order valence-electron chi connectivity index (χ1n) is 11.6. The van der Waals surface area contributed by atoms with Crippen molar-refractivity contribution in [1.82, 2.24) is 10.6 Å². The fourth-order valence-corrected chi connectivity index (χ4v) is 3.54. The number of hydrogen-bond acceptors (Lipinski definition) is 6. The van der Waals surface area contributed by atoms with Crippen molar-refractivity contribution < 1.29 is 24.5 Å². The van der Waals surface area contributed by atoms with Crippen molar-refractivity contribution in [1.29, 1.82) is 0 Å². The molecular formula is C29H30N2O5. The smallest absolute Gasteiger partial charge is 0.251 e. The van der Waals surface area contributed by atoms with E-state index >= 15 is 0 Å². The molecule has 0 aliphatic heterocycles. The number of methoxy groups -OCH3 is 1. The van der Waals surface area contributed by atoms with Crippen molar-refractivity contribution in [3.05, 3.63) is 101 Å². The zero-order valence-electron chi connectivity index (χ0n) is 20.3. The van der Waals surface area contributed by atoms with Gasteiger partial charge in [0.25, 0.3) is 5.91 Å². The highest BCUT2D eigenvalue weighted by Gasteiger charge is 2.25. The summed E-state index contributed by atoms with van der Waals surface area (Å²) in [5.41, 5.74) is 4.16. The van der Waals surface area contributed by atoms with E-state index in [4.69, 9.17) is 9.84 Å². The summed E-state index contributed by atoms with van der Waals surface area (Å²) in [7, 11) is 1.67. The zero-order valence-corrected chi connectivity index (χ0v) is 20.3. The van der Waals surface area contributed by atoms with Crippen LogP contribution in [0.4, 0.5) is 0 Å². The van der Waals surface area contributed by atoms with Crippen LogP contribution in [-0.2, 0) is 17.9 Å². The number of ether oxygens (including phenoxy) is 1. The van der Waals surface area contributed by atoms with Crippen LogP contribution in [0.25, 0.3) is 0 Å². The quantitative estimate of drug-likeness (QED) is 0.328. The van der Waals surface area contributed by atoms with Crippen LogP contribution in [0.15, 0.2) is 72.8 Å². The van der Waals surface area contributed by atoms with Crippen molar-refractivity contribution in [2.75, 3.05) is 13.7 Å². The van der Waals surface area contributed by atoms with Crippen LogP contribution in [0.5, 0.6) is 5.75 Å². The summed E-state index contributed by atoms with van der Waals surface area (Å²) in [6.07, 6.45) is -1.12. The van der Waals surface area contributed by atoms with Crippen molar-refractivity contribution in [3.8, 4) is 17.6 Å². The maximum absolute atomic E-state index is 12.4. The molecule has 3 aromatic carbocycles. The molecular weight excluding hydrogens is 456 g/mol. The maximum atomic E-state index is 12.4. The second-order valence-corrected chi connectivity index (χ2v) is 8.26. The molecule has 0 heterocycles. The van der Waals surface area contributed by atoms with Gasteiger partial charge in [0.2, 0.25) is 0 Å². The lowest BCUT2D eigenvalue weighted by Gasteiger charge is -2.19. The Morgan fingerprint density at radius 1 is 0.917 bits per heavy atom. The summed E-state index contributed by atoms with van der Waals surface area (Å²) >= 11 is 0. The van der Waals surface area contributed by atoms with Gasteiger partial charge in [0.1, 0.15) is 18.4 Å². The Labute approximate surface area is 211 Å². The number of rotatable bonds is 10. The molecule has 2 atom stereocenters. The fraction of sp³-hybridized carbons (Fsp3) is 0.241. The Bertz CT molecular complexity index is 1230.